The third-order valence-corrected chi connectivity index (χ3v) is 6.06. The molecule has 0 bridgehead atoms. The van der Waals surface area contributed by atoms with Gasteiger partial charge in [-0.05, 0) is 57.2 Å². The zero-order valence-corrected chi connectivity index (χ0v) is 17.9. The molecule has 6 heteroatoms. The largest absolute Gasteiger partial charge is 0.466 e. The van der Waals surface area contributed by atoms with Gasteiger partial charge in [-0.1, -0.05) is 28.1 Å². The second-order valence-corrected chi connectivity index (χ2v) is 8.39. The van der Waals surface area contributed by atoms with Crippen molar-refractivity contribution >= 4 is 27.9 Å². The highest BCUT2D eigenvalue weighted by Crippen LogP contribution is 2.48. The number of rotatable bonds is 6. The van der Waals surface area contributed by atoms with Crippen molar-refractivity contribution in [2.24, 2.45) is 10.9 Å². The number of guanidine groups is 1. The molecular formula is C21H30BrN3O2. The SMILES string of the molecule is CCNC(=NCC1(c2cccc(Br)c2)CC1)N1CCC(C(=O)OCC)CC1. The van der Waals surface area contributed by atoms with E-state index in [1.54, 1.807) is 0 Å². The number of nitrogens with one attached hydrogen (secondary N) is 1. The molecule has 148 valence electrons. The van der Waals surface area contributed by atoms with E-state index in [4.69, 9.17) is 9.73 Å². The van der Waals surface area contributed by atoms with Crippen molar-refractivity contribution in [3.05, 3.63) is 34.3 Å². The number of ether oxygens (including phenoxy) is 1. The summed E-state index contributed by atoms with van der Waals surface area (Å²) in [4.78, 5) is 19.2. The number of carbonyl (C=O) groups is 1. The first-order valence-corrected chi connectivity index (χ1v) is 10.8. The maximum atomic E-state index is 12.0. The Balaban J connectivity index is 1.63. The summed E-state index contributed by atoms with van der Waals surface area (Å²) in [7, 11) is 0. The summed E-state index contributed by atoms with van der Waals surface area (Å²) in [6.07, 6.45) is 4.05. The lowest BCUT2D eigenvalue weighted by atomic mass is 9.96. The molecule has 1 aliphatic carbocycles. The highest BCUT2D eigenvalue weighted by molar-refractivity contribution is 9.10. The van der Waals surface area contributed by atoms with Gasteiger partial charge in [0.25, 0.3) is 0 Å². The molecule has 0 unspecified atom stereocenters. The summed E-state index contributed by atoms with van der Waals surface area (Å²) >= 11 is 3.58. The molecule has 0 atom stereocenters. The average Bonchev–Trinajstić information content (AvgIpc) is 3.47. The van der Waals surface area contributed by atoms with Crippen molar-refractivity contribution in [2.45, 2.75) is 44.9 Å². The van der Waals surface area contributed by atoms with Crippen LogP contribution < -0.4 is 5.32 Å². The van der Waals surface area contributed by atoms with Crippen LogP contribution in [0.3, 0.4) is 0 Å². The van der Waals surface area contributed by atoms with E-state index in [0.717, 1.165) is 49.5 Å². The van der Waals surface area contributed by atoms with Crippen LogP contribution in [0, 0.1) is 5.92 Å². The van der Waals surface area contributed by atoms with Crippen LogP contribution in [0.5, 0.6) is 0 Å². The second kappa shape index (κ2) is 9.09. The van der Waals surface area contributed by atoms with Gasteiger partial charge in [-0.3, -0.25) is 9.79 Å². The van der Waals surface area contributed by atoms with Gasteiger partial charge in [0.05, 0.1) is 19.1 Å². The smallest absolute Gasteiger partial charge is 0.309 e. The number of benzene rings is 1. The molecule has 2 fully saturated rings. The van der Waals surface area contributed by atoms with Crippen molar-refractivity contribution in [1.29, 1.82) is 0 Å². The maximum absolute atomic E-state index is 12.0. The summed E-state index contributed by atoms with van der Waals surface area (Å²) in [6, 6.07) is 8.61. The summed E-state index contributed by atoms with van der Waals surface area (Å²) in [6.45, 7) is 7.77. The van der Waals surface area contributed by atoms with Gasteiger partial charge < -0.3 is 15.0 Å². The van der Waals surface area contributed by atoms with Gasteiger partial charge in [-0.25, -0.2) is 0 Å². The maximum Gasteiger partial charge on any atom is 0.309 e. The van der Waals surface area contributed by atoms with Crippen LogP contribution in [0.15, 0.2) is 33.7 Å². The minimum atomic E-state index is -0.0503. The second-order valence-electron chi connectivity index (χ2n) is 7.47. The van der Waals surface area contributed by atoms with E-state index < -0.39 is 0 Å². The molecule has 3 rings (SSSR count). The van der Waals surface area contributed by atoms with Gasteiger partial charge in [0.15, 0.2) is 5.96 Å². The van der Waals surface area contributed by atoms with Crippen molar-refractivity contribution < 1.29 is 9.53 Å². The third-order valence-electron chi connectivity index (χ3n) is 5.57. The molecule has 1 N–H and O–H groups in total. The van der Waals surface area contributed by atoms with Crippen LogP contribution in [-0.4, -0.2) is 49.6 Å². The Hall–Kier alpha value is -1.56. The van der Waals surface area contributed by atoms with Gasteiger partial charge in [-0.2, -0.15) is 0 Å². The molecule has 1 aromatic carbocycles. The lowest BCUT2D eigenvalue weighted by Gasteiger charge is -2.33. The number of hydrogen-bond donors (Lipinski definition) is 1. The van der Waals surface area contributed by atoms with E-state index in [-0.39, 0.29) is 17.3 Å². The van der Waals surface area contributed by atoms with Gasteiger partial charge >= 0.3 is 5.97 Å². The number of likely N-dealkylation sites (tertiary alicyclic amines) is 1. The normalized spacial score (nSPS) is 19.7. The molecule has 1 aliphatic heterocycles. The first-order valence-electron chi connectivity index (χ1n) is 10.0. The molecule has 0 amide bonds. The molecule has 5 nitrogen and oxygen atoms in total. The van der Waals surface area contributed by atoms with Crippen molar-refractivity contribution in [3.63, 3.8) is 0 Å². The first-order chi connectivity index (χ1) is 13.1. The van der Waals surface area contributed by atoms with Crippen molar-refractivity contribution in [1.82, 2.24) is 10.2 Å². The van der Waals surface area contributed by atoms with Crippen molar-refractivity contribution in [3.8, 4) is 0 Å². The third kappa shape index (κ3) is 5.03. The highest BCUT2D eigenvalue weighted by atomic mass is 79.9. The lowest BCUT2D eigenvalue weighted by molar-refractivity contribution is -0.149. The Morgan fingerprint density at radius 2 is 2.07 bits per heavy atom. The molecule has 1 heterocycles. The molecule has 1 saturated heterocycles. The van der Waals surface area contributed by atoms with E-state index >= 15 is 0 Å². The van der Waals surface area contributed by atoms with Crippen LogP contribution >= 0.6 is 15.9 Å². The van der Waals surface area contributed by atoms with Crippen LogP contribution in [0.2, 0.25) is 0 Å². The number of esters is 1. The van der Waals surface area contributed by atoms with Crippen molar-refractivity contribution in [2.75, 3.05) is 32.8 Å². The van der Waals surface area contributed by atoms with Gasteiger partial charge in [0.1, 0.15) is 0 Å². The summed E-state index contributed by atoms with van der Waals surface area (Å²) in [5, 5.41) is 3.44. The molecule has 0 radical (unpaired) electrons. The van der Waals surface area contributed by atoms with Gasteiger partial charge in [-0.15, -0.1) is 0 Å². The highest BCUT2D eigenvalue weighted by Gasteiger charge is 2.44. The predicted molar refractivity (Wildman–Crippen MR) is 112 cm³/mol. The average molecular weight is 436 g/mol. The topological polar surface area (TPSA) is 53.9 Å². The molecule has 0 aromatic heterocycles. The van der Waals surface area contributed by atoms with E-state index in [0.29, 0.717) is 6.61 Å². The van der Waals surface area contributed by atoms with Crippen LogP contribution in [0.1, 0.15) is 45.1 Å². The van der Waals surface area contributed by atoms with Gasteiger partial charge in [0, 0.05) is 29.5 Å². The lowest BCUT2D eigenvalue weighted by Crippen LogP contribution is -2.47. The fourth-order valence-electron chi connectivity index (χ4n) is 3.75. The summed E-state index contributed by atoms with van der Waals surface area (Å²) in [5.74, 6) is 0.951. The number of piperidine rings is 1. The standard InChI is InChI=1S/C21H30BrN3O2/c1-3-23-20(25-12-8-16(9-13-25)19(26)27-4-2)24-15-21(10-11-21)17-6-5-7-18(22)14-17/h5-7,14,16H,3-4,8-13,15H2,1-2H3,(H,23,24). The summed E-state index contributed by atoms with van der Waals surface area (Å²) in [5.41, 5.74) is 1.56. The van der Waals surface area contributed by atoms with E-state index in [2.05, 4.69) is 57.3 Å². The first kappa shape index (κ1) is 20.2. The number of aliphatic imine (C=N–C) groups is 1. The zero-order valence-electron chi connectivity index (χ0n) is 16.3. The van der Waals surface area contributed by atoms with E-state index in [9.17, 15) is 4.79 Å². The van der Waals surface area contributed by atoms with Crippen LogP contribution in [0.4, 0.5) is 0 Å². The Kier molecular flexibility index (Phi) is 6.79. The Morgan fingerprint density at radius 1 is 1.33 bits per heavy atom. The number of hydrogen-bond acceptors (Lipinski definition) is 3. The molecule has 27 heavy (non-hydrogen) atoms. The quantitative estimate of drug-likeness (QED) is 0.420. The predicted octanol–water partition coefficient (Wildman–Crippen LogP) is 3.72. The minimum absolute atomic E-state index is 0.0283. The van der Waals surface area contributed by atoms with Crippen LogP contribution in [-0.2, 0) is 14.9 Å². The van der Waals surface area contributed by atoms with Crippen LogP contribution in [0.25, 0.3) is 0 Å². The Morgan fingerprint density at radius 3 is 2.67 bits per heavy atom. The summed E-state index contributed by atoms with van der Waals surface area (Å²) < 4.78 is 6.30. The fraction of sp³-hybridized carbons (Fsp3) is 0.619. The molecule has 1 aromatic rings. The number of halogens is 1. The molecular weight excluding hydrogens is 406 g/mol. The Labute approximate surface area is 170 Å². The van der Waals surface area contributed by atoms with Gasteiger partial charge in [0.2, 0.25) is 0 Å². The number of carbonyl (C=O) groups excluding carboxylic acids is 1. The monoisotopic (exact) mass is 435 g/mol. The fourth-order valence-corrected chi connectivity index (χ4v) is 4.15. The van der Waals surface area contributed by atoms with E-state index in [1.807, 2.05) is 6.92 Å². The minimum Gasteiger partial charge on any atom is -0.466 e. The number of nitrogens with zero attached hydrogens (tertiary/aromatic N) is 2. The van der Waals surface area contributed by atoms with E-state index in [1.165, 1.54) is 18.4 Å². The molecule has 1 saturated carbocycles. The molecule has 2 aliphatic rings. The zero-order chi connectivity index (χ0) is 19.3. The Bertz CT molecular complexity index is 680. The molecule has 0 spiro atoms.